The zero-order chi connectivity index (χ0) is 14.5. The van der Waals surface area contributed by atoms with E-state index in [1.54, 1.807) is 0 Å². The van der Waals surface area contributed by atoms with Crippen molar-refractivity contribution in [2.45, 2.75) is 26.6 Å². The van der Waals surface area contributed by atoms with Gasteiger partial charge in [0.15, 0.2) is 0 Å². The first-order chi connectivity index (χ1) is 9.56. The van der Waals surface area contributed by atoms with Crippen LogP contribution in [0.4, 0.5) is 5.69 Å². The Bertz CT molecular complexity index is 567. The predicted molar refractivity (Wildman–Crippen MR) is 82.4 cm³/mol. The van der Waals surface area contributed by atoms with Gasteiger partial charge in [-0.05, 0) is 43.7 Å². The van der Waals surface area contributed by atoms with E-state index < -0.39 is 0 Å². The molecule has 0 saturated carbocycles. The molecule has 0 aliphatic carbocycles. The van der Waals surface area contributed by atoms with E-state index >= 15 is 0 Å². The highest BCUT2D eigenvalue weighted by atomic mass is 35.5. The van der Waals surface area contributed by atoms with Crippen molar-refractivity contribution in [1.82, 2.24) is 0 Å². The van der Waals surface area contributed by atoms with E-state index in [1.165, 1.54) is 0 Å². The number of nitrogens with two attached hydrogens (primary N) is 1. The summed E-state index contributed by atoms with van der Waals surface area (Å²) >= 11 is 5.85. The lowest BCUT2D eigenvalue weighted by Crippen LogP contribution is -2.08. The Hall–Kier alpha value is -1.87. The smallest absolute Gasteiger partial charge is 0.146 e. The molecule has 20 heavy (non-hydrogen) atoms. The number of benzene rings is 2. The van der Waals surface area contributed by atoms with Crippen LogP contribution in [0.3, 0.4) is 0 Å². The van der Waals surface area contributed by atoms with Gasteiger partial charge in [-0.3, -0.25) is 0 Å². The van der Waals surface area contributed by atoms with E-state index in [0.29, 0.717) is 28.8 Å². The summed E-state index contributed by atoms with van der Waals surface area (Å²) in [5.41, 5.74) is 7.60. The zero-order valence-corrected chi connectivity index (χ0v) is 12.4. The van der Waals surface area contributed by atoms with Gasteiger partial charge in [-0.2, -0.15) is 0 Å². The van der Waals surface area contributed by atoms with Crippen LogP contribution in [0.25, 0.3) is 0 Å². The lowest BCUT2D eigenvalue weighted by atomic mass is 10.2. The lowest BCUT2D eigenvalue weighted by molar-refractivity contribution is 0.241. The van der Waals surface area contributed by atoms with E-state index in [-0.39, 0.29) is 6.10 Å². The molecule has 0 atom stereocenters. The molecule has 0 heterocycles. The highest BCUT2D eigenvalue weighted by Crippen LogP contribution is 2.32. The minimum atomic E-state index is 0.0730. The van der Waals surface area contributed by atoms with Gasteiger partial charge < -0.3 is 15.2 Å². The summed E-state index contributed by atoms with van der Waals surface area (Å²) in [4.78, 5) is 0. The van der Waals surface area contributed by atoms with Gasteiger partial charge >= 0.3 is 0 Å². The Morgan fingerprint density at radius 1 is 1.05 bits per heavy atom. The summed E-state index contributed by atoms with van der Waals surface area (Å²) in [5.74, 6) is 1.27. The Morgan fingerprint density at radius 3 is 2.35 bits per heavy atom. The molecule has 0 aliphatic rings. The molecule has 0 saturated heterocycles. The average molecular weight is 292 g/mol. The van der Waals surface area contributed by atoms with Crippen LogP contribution >= 0.6 is 11.6 Å². The quantitative estimate of drug-likeness (QED) is 0.836. The third-order valence-corrected chi connectivity index (χ3v) is 2.95. The molecule has 2 N–H and O–H groups in total. The van der Waals surface area contributed by atoms with Gasteiger partial charge in [0.1, 0.15) is 23.8 Å². The van der Waals surface area contributed by atoms with E-state index in [0.717, 1.165) is 5.56 Å². The summed E-state index contributed by atoms with van der Waals surface area (Å²) in [6, 6.07) is 13.1. The maximum atomic E-state index is 6.05. The predicted octanol–water partition coefficient (Wildman–Crippen LogP) is 4.29. The van der Waals surface area contributed by atoms with Crippen molar-refractivity contribution in [3.8, 4) is 11.5 Å². The van der Waals surface area contributed by atoms with Crippen LogP contribution < -0.4 is 15.2 Å². The van der Waals surface area contributed by atoms with Crippen LogP contribution in [0, 0.1) is 0 Å². The van der Waals surface area contributed by atoms with E-state index in [9.17, 15) is 0 Å². The fourth-order valence-electron chi connectivity index (χ4n) is 1.75. The van der Waals surface area contributed by atoms with Crippen LogP contribution in [-0.4, -0.2) is 6.10 Å². The molecule has 2 aromatic carbocycles. The fraction of sp³-hybridized carbons (Fsp3) is 0.250. The maximum Gasteiger partial charge on any atom is 0.146 e. The lowest BCUT2D eigenvalue weighted by Gasteiger charge is -2.15. The topological polar surface area (TPSA) is 44.5 Å². The molecule has 3 nitrogen and oxygen atoms in total. The van der Waals surface area contributed by atoms with Crippen LogP contribution in [0.2, 0.25) is 5.02 Å². The first kappa shape index (κ1) is 14.5. The molecule has 2 aromatic rings. The third-order valence-electron chi connectivity index (χ3n) is 2.70. The molecule has 0 bridgehead atoms. The van der Waals surface area contributed by atoms with Crippen molar-refractivity contribution in [1.29, 1.82) is 0 Å². The SMILES string of the molecule is CC(C)Oc1cccc(OCc2ccc(Cl)cc2)c1N. The fourth-order valence-corrected chi connectivity index (χ4v) is 1.87. The van der Waals surface area contributed by atoms with Crippen LogP contribution in [0.5, 0.6) is 11.5 Å². The number of rotatable bonds is 5. The van der Waals surface area contributed by atoms with E-state index in [2.05, 4.69) is 0 Å². The largest absolute Gasteiger partial charge is 0.489 e. The molecule has 0 amide bonds. The number of halogens is 1. The number of hydrogen-bond acceptors (Lipinski definition) is 3. The molecule has 2 rings (SSSR count). The molecule has 4 heteroatoms. The van der Waals surface area contributed by atoms with E-state index in [1.807, 2.05) is 56.3 Å². The van der Waals surface area contributed by atoms with Gasteiger partial charge in [-0.15, -0.1) is 0 Å². The average Bonchev–Trinajstić information content (AvgIpc) is 2.41. The molecule has 0 aliphatic heterocycles. The van der Waals surface area contributed by atoms with Gasteiger partial charge in [0.2, 0.25) is 0 Å². The Balaban J connectivity index is 2.07. The van der Waals surface area contributed by atoms with E-state index in [4.69, 9.17) is 26.8 Å². The minimum absolute atomic E-state index is 0.0730. The molecule has 0 spiro atoms. The van der Waals surface area contributed by atoms with Gasteiger partial charge in [0, 0.05) is 5.02 Å². The molecule has 0 fully saturated rings. The molecule has 0 unspecified atom stereocenters. The third kappa shape index (κ3) is 3.81. The van der Waals surface area contributed by atoms with Crippen molar-refractivity contribution < 1.29 is 9.47 Å². The molecular formula is C16H18ClNO2. The number of para-hydroxylation sites is 1. The number of hydrogen-bond donors (Lipinski definition) is 1. The van der Waals surface area contributed by atoms with Crippen molar-refractivity contribution in [3.05, 3.63) is 53.1 Å². The summed E-state index contributed by atoms with van der Waals surface area (Å²) < 4.78 is 11.4. The first-order valence-electron chi connectivity index (χ1n) is 6.48. The standard InChI is InChI=1S/C16H18ClNO2/c1-11(2)20-15-5-3-4-14(16(15)18)19-10-12-6-8-13(17)9-7-12/h3-9,11H,10,18H2,1-2H3. The molecule has 106 valence electrons. The Kier molecular flexibility index (Phi) is 4.74. The molecule has 0 radical (unpaired) electrons. The van der Waals surface area contributed by atoms with Gasteiger partial charge in [-0.1, -0.05) is 29.8 Å². The number of anilines is 1. The van der Waals surface area contributed by atoms with Crippen molar-refractivity contribution in [3.63, 3.8) is 0 Å². The summed E-state index contributed by atoms with van der Waals surface area (Å²) in [6.45, 7) is 4.36. The molecule has 0 aromatic heterocycles. The van der Waals surface area contributed by atoms with Crippen LogP contribution in [0.15, 0.2) is 42.5 Å². The summed E-state index contributed by atoms with van der Waals surface area (Å²) in [6.07, 6.45) is 0.0730. The minimum Gasteiger partial charge on any atom is -0.489 e. The highest BCUT2D eigenvalue weighted by Gasteiger charge is 2.08. The number of nitrogen functional groups attached to an aromatic ring is 1. The van der Waals surface area contributed by atoms with Crippen molar-refractivity contribution >= 4 is 17.3 Å². The van der Waals surface area contributed by atoms with Gasteiger partial charge in [0.05, 0.1) is 6.10 Å². The van der Waals surface area contributed by atoms with Gasteiger partial charge in [-0.25, -0.2) is 0 Å². The Labute approximate surface area is 124 Å². The van der Waals surface area contributed by atoms with Crippen molar-refractivity contribution in [2.24, 2.45) is 0 Å². The summed E-state index contributed by atoms with van der Waals surface area (Å²) in [7, 11) is 0. The Morgan fingerprint density at radius 2 is 1.70 bits per heavy atom. The number of ether oxygens (including phenoxy) is 2. The highest BCUT2D eigenvalue weighted by molar-refractivity contribution is 6.30. The summed E-state index contributed by atoms with van der Waals surface area (Å²) in [5, 5.41) is 0.709. The second-order valence-electron chi connectivity index (χ2n) is 4.75. The maximum absolute atomic E-state index is 6.05. The monoisotopic (exact) mass is 291 g/mol. The van der Waals surface area contributed by atoms with Crippen LogP contribution in [0.1, 0.15) is 19.4 Å². The molecular weight excluding hydrogens is 274 g/mol. The van der Waals surface area contributed by atoms with Crippen molar-refractivity contribution in [2.75, 3.05) is 5.73 Å². The van der Waals surface area contributed by atoms with Gasteiger partial charge in [0.25, 0.3) is 0 Å². The second-order valence-corrected chi connectivity index (χ2v) is 5.19. The van der Waals surface area contributed by atoms with Crippen LogP contribution in [-0.2, 0) is 6.61 Å². The second kappa shape index (κ2) is 6.53. The zero-order valence-electron chi connectivity index (χ0n) is 11.6. The normalized spacial score (nSPS) is 10.6. The first-order valence-corrected chi connectivity index (χ1v) is 6.86.